The fourth-order valence-corrected chi connectivity index (χ4v) is 8.83. The summed E-state index contributed by atoms with van der Waals surface area (Å²) in [4.78, 5) is 6.58. The second-order valence-corrected chi connectivity index (χ2v) is 12.2. The molecule has 3 N–H and O–H groups in total. The number of hydrogen-bond acceptors (Lipinski definition) is 5. The third-order valence-corrected chi connectivity index (χ3v) is 10.6. The molecule has 0 amide bonds. The molecule has 4 nitrogen and oxygen atoms in total. The second kappa shape index (κ2) is 7.33. The van der Waals surface area contributed by atoms with Crippen LogP contribution >= 0.6 is 11.3 Å². The van der Waals surface area contributed by atoms with Gasteiger partial charge >= 0.3 is 0 Å². The highest BCUT2D eigenvalue weighted by molar-refractivity contribution is 7.15. The fraction of sp³-hybridized carbons (Fsp3) is 0.593. The summed E-state index contributed by atoms with van der Waals surface area (Å²) in [6, 6.07) is 7.51. The van der Waals surface area contributed by atoms with E-state index in [4.69, 9.17) is 4.98 Å². The molecule has 0 aliphatic heterocycles. The van der Waals surface area contributed by atoms with Crippen molar-refractivity contribution >= 4 is 16.5 Å². The molecule has 5 heteroatoms. The SMILES string of the molecule is C[C@]12CC[C@H](O)CC1=CCC1C2CC[C@]2(C)c3nc(NCc4ccccc4O)sc3CC12. The molecule has 4 aliphatic rings. The second-order valence-electron chi connectivity index (χ2n) is 11.1. The Labute approximate surface area is 194 Å². The number of allylic oxidation sites excluding steroid dienone is 1. The first-order chi connectivity index (χ1) is 15.4. The molecular weight excluding hydrogens is 416 g/mol. The molecule has 2 aromatic rings. The Balaban J connectivity index is 1.23. The first-order valence-corrected chi connectivity index (χ1v) is 13.1. The van der Waals surface area contributed by atoms with E-state index in [1.54, 1.807) is 11.6 Å². The molecule has 4 aliphatic carbocycles. The van der Waals surface area contributed by atoms with Gasteiger partial charge in [-0.1, -0.05) is 43.7 Å². The van der Waals surface area contributed by atoms with E-state index in [1.807, 2.05) is 29.5 Å². The maximum Gasteiger partial charge on any atom is 0.183 e. The van der Waals surface area contributed by atoms with E-state index < -0.39 is 0 Å². The number of benzene rings is 1. The van der Waals surface area contributed by atoms with Crippen molar-refractivity contribution < 1.29 is 10.2 Å². The number of nitrogens with zero attached hydrogens (tertiary/aromatic N) is 1. The average Bonchev–Trinajstić information content (AvgIpc) is 3.30. The van der Waals surface area contributed by atoms with E-state index in [-0.39, 0.29) is 16.9 Å². The van der Waals surface area contributed by atoms with Gasteiger partial charge in [0, 0.05) is 22.4 Å². The predicted molar refractivity (Wildman–Crippen MR) is 129 cm³/mol. The molecule has 1 aromatic carbocycles. The van der Waals surface area contributed by atoms with E-state index in [2.05, 4.69) is 25.2 Å². The van der Waals surface area contributed by atoms with E-state index in [0.717, 1.165) is 48.2 Å². The number of aliphatic hydroxyl groups is 1. The summed E-state index contributed by atoms with van der Waals surface area (Å²) in [7, 11) is 0. The van der Waals surface area contributed by atoms with Gasteiger partial charge in [-0.3, -0.25) is 0 Å². The van der Waals surface area contributed by atoms with Crippen LogP contribution in [0.25, 0.3) is 0 Å². The number of aromatic hydroxyl groups is 1. The number of aliphatic hydroxyl groups excluding tert-OH is 1. The Bertz CT molecular complexity index is 1080. The molecule has 2 fully saturated rings. The molecule has 0 radical (unpaired) electrons. The first kappa shape index (κ1) is 20.7. The zero-order valence-electron chi connectivity index (χ0n) is 19.1. The average molecular weight is 451 g/mol. The Kier molecular flexibility index (Phi) is 4.75. The molecule has 1 aromatic heterocycles. The first-order valence-electron chi connectivity index (χ1n) is 12.3. The highest BCUT2D eigenvalue weighted by Gasteiger charge is 2.58. The van der Waals surface area contributed by atoms with Gasteiger partial charge in [0.1, 0.15) is 5.75 Å². The lowest BCUT2D eigenvalue weighted by molar-refractivity contribution is -0.0169. The molecule has 170 valence electrons. The molecule has 0 saturated heterocycles. The highest BCUT2D eigenvalue weighted by Crippen LogP contribution is 2.64. The zero-order valence-corrected chi connectivity index (χ0v) is 19.9. The minimum Gasteiger partial charge on any atom is -0.508 e. The van der Waals surface area contributed by atoms with Crippen LogP contribution in [0, 0.1) is 23.2 Å². The Morgan fingerprint density at radius 1 is 1.09 bits per heavy atom. The van der Waals surface area contributed by atoms with Crippen molar-refractivity contribution in [1.29, 1.82) is 0 Å². The van der Waals surface area contributed by atoms with Gasteiger partial charge in [0.15, 0.2) is 5.13 Å². The van der Waals surface area contributed by atoms with Crippen LogP contribution in [0.1, 0.15) is 68.5 Å². The number of anilines is 1. The number of aromatic nitrogens is 1. The van der Waals surface area contributed by atoms with Crippen LogP contribution in [0.2, 0.25) is 0 Å². The zero-order chi connectivity index (χ0) is 22.1. The number of para-hydroxylation sites is 1. The maximum absolute atomic E-state index is 10.2. The van der Waals surface area contributed by atoms with Crippen molar-refractivity contribution in [2.45, 2.75) is 76.9 Å². The fourth-order valence-electron chi connectivity index (χ4n) is 7.68. The number of rotatable bonds is 3. The Morgan fingerprint density at radius 2 is 1.91 bits per heavy atom. The van der Waals surface area contributed by atoms with Crippen molar-refractivity contribution in [2.75, 3.05) is 5.32 Å². The van der Waals surface area contributed by atoms with Gasteiger partial charge in [0.2, 0.25) is 0 Å². The van der Waals surface area contributed by atoms with Crippen molar-refractivity contribution in [3.05, 3.63) is 52.0 Å². The van der Waals surface area contributed by atoms with Crippen LogP contribution in [0.15, 0.2) is 35.9 Å². The van der Waals surface area contributed by atoms with Gasteiger partial charge < -0.3 is 15.5 Å². The van der Waals surface area contributed by atoms with Crippen LogP contribution in [0.5, 0.6) is 5.75 Å². The summed E-state index contributed by atoms with van der Waals surface area (Å²) in [6.45, 7) is 5.56. The summed E-state index contributed by atoms with van der Waals surface area (Å²) < 4.78 is 0. The molecular formula is C27H34N2O2S. The molecule has 6 atom stereocenters. The Hall–Kier alpha value is -1.85. The molecule has 2 saturated carbocycles. The number of hydrogen-bond donors (Lipinski definition) is 3. The van der Waals surface area contributed by atoms with Gasteiger partial charge in [-0.05, 0) is 74.2 Å². The van der Waals surface area contributed by atoms with Gasteiger partial charge in [0.25, 0.3) is 0 Å². The molecule has 0 spiro atoms. The molecule has 32 heavy (non-hydrogen) atoms. The highest BCUT2D eigenvalue weighted by atomic mass is 32.1. The van der Waals surface area contributed by atoms with E-state index >= 15 is 0 Å². The molecule has 3 unspecified atom stereocenters. The third-order valence-electron chi connectivity index (χ3n) is 9.53. The normalized spacial score (nSPS) is 37.7. The number of fused-ring (bicyclic) bond motifs is 7. The summed E-state index contributed by atoms with van der Waals surface area (Å²) in [5.74, 6) is 2.50. The van der Waals surface area contributed by atoms with Gasteiger partial charge in [-0.2, -0.15) is 0 Å². The smallest absolute Gasteiger partial charge is 0.183 e. The minimum absolute atomic E-state index is 0.133. The van der Waals surface area contributed by atoms with Gasteiger partial charge in [-0.15, -0.1) is 11.3 Å². The third kappa shape index (κ3) is 3.00. The summed E-state index contributed by atoms with van der Waals surface area (Å²) in [5, 5.41) is 24.7. The van der Waals surface area contributed by atoms with Crippen LogP contribution in [0.3, 0.4) is 0 Å². The molecule has 0 bridgehead atoms. The maximum atomic E-state index is 10.2. The van der Waals surface area contributed by atoms with Gasteiger partial charge in [0.05, 0.1) is 11.8 Å². The topological polar surface area (TPSA) is 65.4 Å². The number of nitrogens with one attached hydrogen (secondary N) is 1. The monoisotopic (exact) mass is 450 g/mol. The number of phenolic OH excluding ortho intramolecular Hbond substituents is 1. The summed E-state index contributed by atoms with van der Waals surface area (Å²) >= 11 is 1.82. The van der Waals surface area contributed by atoms with Crippen LogP contribution in [-0.2, 0) is 18.4 Å². The number of thiazole rings is 1. The lowest BCUT2D eigenvalue weighted by Crippen LogP contribution is -2.51. The van der Waals surface area contributed by atoms with E-state index in [1.165, 1.54) is 29.8 Å². The van der Waals surface area contributed by atoms with Crippen molar-refractivity contribution in [3.63, 3.8) is 0 Å². The molecule has 6 rings (SSSR count). The van der Waals surface area contributed by atoms with E-state index in [0.29, 0.717) is 18.2 Å². The quantitative estimate of drug-likeness (QED) is 0.517. The molecule has 1 heterocycles. The minimum atomic E-state index is -0.133. The van der Waals surface area contributed by atoms with Crippen LogP contribution in [-0.4, -0.2) is 21.3 Å². The predicted octanol–water partition coefficient (Wildman–Crippen LogP) is 5.80. The van der Waals surface area contributed by atoms with Crippen molar-refractivity contribution in [3.8, 4) is 5.75 Å². The summed E-state index contributed by atoms with van der Waals surface area (Å²) in [5.41, 5.74) is 4.25. The standard InChI is InChI=1S/C27H34N2O2S/c1-26-11-9-18(30)13-17(26)7-8-19-20(26)10-12-27(2)21(19)14-23-24(27)29-25(32-23)28-15-16-5-3-4-6-22(16)31/h3-7,18-21,30-31H,8-15H2,1-2H3,(H,28,29)/t18-,19?,20?,21?,26-,27-/m0/s1. The van der Waals surface area contributed by atoms with Crippen molar-refractivity contribution in [2.24, 2.45) is 23.2 Å². The van der Waals surface area contributed by atoms with Crippen LogP contribution in [0.4, 0.5) is 5.13 Å². The van der Waals surface area contributed by atoms with E-state index in [9.17, 15) is 10.2 Å². The largest absolute Gasteiger partial charge is 0.508 e. The van der Waals surface area contributed by atoms with Gasteiger partial charge in [-0.25, -0.2) is 4.98 Å². The van der Waals surface area contributed by atoms with Crippen molar-refractivity contribution in [1.82, 2.24) is 4.98 Å². The summed E-state index contributed by atoms with van der Waals surface area (Å²) in [6.07, 6.45) is 10.2. The Morgan fingerprint density at radius 3 is 2.75 bits per heavy atom. The number of phenols is 1. The lowest BCUT2D eigenvalue weighted by Gasteiger charge is -2.57. The van der Waals surface area contributed by atoms with Crippen LogP contribution < -0.4 is 5.32 Å². The lowest BCUT2D eigenvalue weighted by atomic mass is 9.48.